The standard InChI is InChI=1S/C19H18N4O2S/c24-18(17-6-2-9-22(17)19(25)14-7-11-26-13-14)21-15-4-1-5-16(12-15)23-10-3-8-20-23/h1,3-5,7-8,10-13,17H,2,6,9H2,(H,21,24)/t17-/m1/s1. The zero-order chi connectivity index (χ0) is 17.9. The quantitative estimate of drug-likeness (QED) is 0.771. The summed E-state index contributed by atoms with van der Waals surface area (Å²) in [6.45, 7) is 0.611. The topological polar surface area (TPSA) is 67.2 Å². The Kier molecular flexibility index (Phi) is 4.53. The fraction of sp³-hybridized carbons (Fsp3) is 0.211. The molecule has 0 unspecified atom stereocenters. The molecule has 26 heavy (non-hydrogen) atoms. The van der Waals surface area contributed by atoms with Crippen molar-refractivity contribution in [1.82, 2.24) is 14.7 Å². The van der Waals surface area contributed by atoms with E-state index in [4.69, 9.17) is 0 Å². The van der Waals surface area contributed by atoms with Gasteiger partial charge in [0.15, 0.2) is 0 Å². The zero-order valence-corrected chi connectivity index (χ0v) is 14.9. The number of anilines is 1. The van der Waals surface area contributed by atoms with Crippen LogP contribution >= 0.6 is 11.3 Å². The van der Waals surface area contributed by atoms with E-state index in [0.29, 0.717) is 24.2 Å². The number of carbonyl (C=O) groups excluding carboxylic acids is 2. The Morgan fingerprint density at radius 2 is 2.15 bits per heavy atom. The van der Waals surface area contributed by atoms with E-state index in [1.165, 1.54) is 11.3 Å². The molecule has 1 saturated heterocycles. The first-order valence-electron chi connectivity index (χ1n) is 8.46. The number of aromatic nitrogens is 2. The van der Waals surface area contributed by atoms with Gasteiger partial charge in [-0.15, -0.1) is 0 Å². The summed E-state index contributed by atoms with van der Waals surface area (Å²) in [7, 11) is 0. The normalized spacial score (nSPS) is 16.6. The van der Waals surface area contributed by atoms with E-state index in [1.54, 1.807) is 21.8 Å². The molecule has 7 heteroatoms. The first-order chi connectivity index (χ1) is 12.7. The number of carbonyl (C=O) groups is 2. The van der Waals surface area contributed by atoms with Crippen molar-refractivity contribution in [2.24, 2.45) is 0 Å². The van der Waals surface area contributed by atoms with Crippen LogP contribution < -0.4 is 5.32 Å². The molecule has 2 amide bonds. The lowest BCUT2D eigenvalue weighted by Crippen LogP contribution is -2.43. The van der Waals surface area contributed by atoms with Gasteiger partial charge >= 0.3 is 0 Å². The van der Waals surface area contributed by atoms with Gasteiger partial charge in [0.05, 0.1) is 11.3 Å². The highest BCUT2D eigenvalue weighted by atomic mass is 32.1. The van der Waals surface area contributed by atoms with Gasteiger partial charge in [0.25, 0.3) is 5.91 Å². The van der Waals surface area contributed by atoms with Crippen molar-refractivity contribution in [2.45, 2.75) is 18.9 Å². The lowest BCUT2D eigenvalue weighted by molar-refractivity contribution is -0.119. The molecule has 0 saturated carbocycles. The minimum atomic E-state index is -0.434. The third-order valence-electron chi connectivity index (χ3n) is 4.47. The molecule has 1 aliphatic heterocycles. The maximum absolute atomic E-state index is 12.8. The van der Waals surface area contributed by atoms with Gasteiger partial charge in [-0.1, -0.05) is 6.07 Å². The average Bonchev–Trinajstić information content (AvgIpc) is 3.44. The number of amides is 2. The van der Waals surface area contributed by atoms with Gasteiger partial charge in [-0.05, 0) is 48.6 Å². The molecule has 6 nitrogen and oxygen atoms in total. The molecular weight excluding hydrogens is 348 g/mol. The summed E-state index contributed by atoms with van der Waals surface area (Å²) in [6, 6.07) is 10.7. The van der Waals surface area contributed by atoms with Gasteiger partial charge in [-0.25, -0.2) is 4.68 Å². The monoisotopic (exact) mass is 366 g/mol. The van der Waals surface area contributed by atoms with E-state index in [1.807, 2.05) is 47.3 Å². The SMILES string of the molecule is O=C(Nc1cccc(-n2cccn2)c1)[C@H]1CCCN1C(=O)c1ccsc1. The van der Waals surface area contributed by atoms with Crippen LogP contribution in [0.3, 0.4) is 0 Å². The summed E-state index contributed by atoms with van der Waals surface area (Å²) < 4.78 is 1.73. The van der Waals surface area contributed by atoms with Crippen LogP contribution in [0.5, 0.6) is 0 Å². The maximum Gasteiger partial charge on any atom is 0.255 e. The van der Waals surface area contributed by atoms with Crippen LogP contribution in [0.1, 0.15) is 23.2 Å². The molecular formula is C19H18N4O2S. The fourth-order valence-corrected chi connectivity index (χ4v) is 3.84. The van der Waals surface area contributed by atoms with Crippen LogP contribution in [0.2, 0.25) is 0 Å². The summed E-state index contributed by atoms with van der Waals surface area (Å²) in [5.41, 5.74) is 2.21. The van der Waals surface area contributed by atoms with Gasteiger partial charge < -0.3 is 10.2 Å². The highest BCUT2D eigenvalue weighted by molar-refractivity contribution is 7.08. The molecule has 1 aliphatic rings. The highest BCUT2D eigenvalue weighted by Crippen LogP contribution is 2.23. The highest BCUT2D eigenvalue weighted by Gasteiger charge is 2.34. The van der Waals surface area contributed by atoms with Crippen LogP contribution in [-0.2, 0) is 4.79 Å². The van der Waals surface area contributed by atoms with Crippen molar-refractivity contribution < 1.29 is 9.59 Å². The average molecular weight is 366 g/mol. The third-order valence-corrected chi connectivity index (χ3v) is 5.15. The summed E-state index contributed by atoms with van der Waals surface area (Å²) >= 11 is 1.48. The Hall–Kier alpha value is -2.93. The molecule has 1 N–H and O–H groups in total. The largest absolute Gasteiger partial charge is 0.327 e. The van der Waals surface area contributed by atoms with E-state index < -0.39 is 6.04 Å². The van der Waals surface area contributed by atoms with Gasteiger partial charge in [-0.2, -0.15) is 16.4 Å². The minimum Gasteiger partial charge on any atom is -0.327 e. The smallest absolute Gasteiger partial charge is 0.255 e. The van der Waals surface area contributed by atoms with E-state index in [-0.39, 0.29) is 11.8 Å². The first-order valence-corrected chi connectivity index (χ1v) is 9.41. The minimum absolute atomic E-state index is 0.0748. The molecule has 1 aromatic carbocycles. The lowest BCUT2D eigenvalue weighted by atomic mass is 10.2. The van der Waals surface area contributed by atoms with Crippen LogP contribution in [0.15, 0.2) is 59.6 Å². The van der Waals surface area contributed by atoms with E-state index >= 15 is 0 Å². The molecule has 0 bridgehead atoms. The number of hydrogen-bond donors (Lipinski definition) is 1. The van der Waals surface area contributed by atoms with Crippen LogP contribution in [0.25, 0.3) is 5.69 Å². The second kappa shape index (κ2) is 7.13. The van der Waals surface area contributed by atoms with Gasteiger partial charge in [0.1, 0.15) is 6.04 Å². The van der Waals surface area contributed by atoms with Gasteiger partial charge in [0.2, 0.25) is 5.91 Å². The van der Waals surface area contributed by atoms with Crippen molar-refractivity contribution in [3.8, 4) is 5.69 Å². The molecule has 4 rings (SSSR count). The molecule has 1 atom stereocenters. The van der Waals surface area contributed by atoms with Crippen LogP contribution in [0.4, 0.5) is 5.69 Å². The molecule has 3 heterocycles. The zero-order valence-electron chi connectivity index (χ0n) is 14.0. The number of hydrogen-bond acceptors (Lipinski definition) is 4. The van der Waals surface area contributed by atoms with Crippen molar-refractivity contribution in [1.29, 1.82) is 0 Å². The Morgan fingerprint density at radius 3 is 2.92 bits per heavy atom. The Balaban J connectivity index is 1.49. The molecule has 0 radical (unpaired) electrons. The van der Waals surface area contributed by atoms with E-state index in [2.05, 4.69) is 10.4 Å². The molecule has 132 valence electrons. The molecule has 3 aromatic rings. The van der Waals surface area contributed by atoms with Crippen molar-refractivity contribution >= 4 is 28.8 Å². The number of nitrogens with zero attached hydrogens (tertiary/aromatic N) is 3. The second-order valence-corrected chi connectivity index (χ2v) is 6.94. The molecule has 0 spiro atoms. The summed E-state index contributed by atoms with van der Waals surface area (Å²) in [4.78, 5) is 27.1. The number of thiophene rings is 1. The summed E-state index contributed by atoms with van der Waals surface area (Å²) in [5, 5.41) is 10.8. The third kappa shape index (κ3) is 3.25. The van der Waals surface area contributed by atoms with E-state index in [9.17, 15) is 9.59 Å². The van der Waals surface area contributed by atoms with E-state index in [0.717, 1.165) is 12.1 Å². The number of benzene rings is 1. The van der Waals surface area contributed by atoms with Gasteiger partial charge in [0, 0.05) is 30.0 Å². The Morgan fingerprint density at radius 1 is 1.23 bits per heavy atom. The summed E-state index contributed by atoms with van der Waals surface area (Å²) in [5.74, 6) is -0.224. The lowest BCUT2D eigenvalue weighted by Gasteiger charge is -2.23. The Labute approximate surface area is 155 Å². The number of nitrogens with one attached hydrogen (secondary N) is 1. The van der Waals surface area contributed by atoms with Crippen LogP contribution in [-0.4, -0.2) is 39.1 Å². The number of rotatable bonds is 4. The van der Waals surface area contributed by atoms with Gasteiger partial charge in [-0.3, -0.25) is 9.59 Å². The van der Waals surface area contributed by atoms with Crippen molar-refractivity contribution in [3.63, 3.8) is 0 Å². The van der Waals surface area contributed by atoms with Crippen LogP contribution in [0, 0.1) is 0 Å². The molecule has 2 aromatic heterocycles. The predicted octanol–water partition coefficient (Wildman–Crippen LogP) is 3.18. The second-order valence-electron chi connectivity index (χ2n) is 6.16. The predicted molar refractivity (Wildman–Crippen MR) is 101 cm³/mol. The first kappa shape index (κ1) is 16.5. The fourth-order valence-electron chi connectivity index (χ4n) is 3.21. The molecule has 1 fully saturated rings. The number of likely N-dealkylation sites (tertiary alicyclic amines) is 1. The van der Waals surface area contributed by atoms with Crippen molar-refractivity contribution in [3.05, 3.63) is 65.1 Å². The molecule has 0 aliphatic carbocycles. The maximum atomic E-state index is 12.8. The van der Waals surface area contributed by atoms with Crippen molar-refractivity contribution in [2.75, 3.05) is 11.9 Å². The summed E-state index contributed by atoms with van der Waals surface area (Å²) in [6.07, 6.45) is 5.07. The Bertz CT molecular complexity index is 906.